The summed E-state index contributed by atoms with van der Waals surface area (Å²) in [5.74, 6) is 0.223. The lowest BCUT2D eigenvalue weighted by atomic mass is 9.91. The monoisotopic (exact) mass is 471 g/mol. The number of ether oxygens (including phenoxy) is 2. The van der Waals surface area contributed by atoms with E-state index in [1.54, 1.807) is 30.0 Å². The third-order valence-electron chi connectivity index (χ3n) is 6.32. The van der Waals surface area contributed by atoms with Gasteiger partial charge in [0.15, 0.2) is 11.5 Å². The molecule has 178 valence electrons. The van der Waals surface area contributed by atoms with Crippen LogP contribution in [0, 0.1) is 6.92 Å². The van der Waals surface area contributed by atoms with Crippen LogP contribution in [-0.2, 0) is 21.7 Å². The molecule has 8 heteroatoms. The number of imide groups is 1. The van der Waals surface area contributed by atoms with E-state index in [2.05, 4.69) is 5.32 Å². The van der Waals surface area contributed by atoms with Gasteiger partial charge in [-0.1, -0.05) is 48.5 Å². The minimum atomic E-state index is -1.33. The Morgan fingerprint density at radius 2 is 1.77 bits per heavy atom. The van der Waals surface area contributed by atoms with Gasteiger partial charge in [-0.15, -0.1) is 0 Å². The van der Waals surface area contributed by atoms with E-state index in [1.807, 2.05) is 61.5 Å². The lowest BCUT2D eigenvalue weighted by molar-refractivity contribution is -0.134. The average molecular weight is 472 g/mol. The van der Waals surface area contributed by atoms with Crippen LogP contribution in [0.15, 0.2) is 72.8 Å². The van der Waals surface area contributed by atoms with Crippen molar-refractivity contribution in [2.75, 3.05) is 18.2 Å². The molecular formula is C27H25N3O5. The average Bonchev–Trinajstić information content (AvgIpc) is 3.41. The number of rotatable bonds is 6. The Morgan fingerprint density at radius 1 is 1.00 bits per heavy atom. The molecule has 0 spiro atoms. The molecule has 35 heavy (non-hydrogen) atoms. The molecule has 8 nitrogen and oxygen atoms in total. The maximum Gasteiger partial charge on any atom is 0.325 e. The second-order valence-electron chi connectivity index (χ2n) is 8.82. The maximum atomic E-state index is 13.5. The SMILES string of the molecule is Cc1cccc(N(Cc2ccccc2)C(=O)CN2C(=O)N[C@](C)(c3ccc4c(c3)OCO4)C2=O)c1. The van der Waals surface area contributed by atoms with Crippen molar-refractivity contribution in [3.63, 3.8) is 0 Å². The van der Waals surface area contributed by atoms with Crippen LogP contribution in [-0.4, -0.2) is 36.1 Å². The quantitative estimate of drug-likeness (QED) is 0.554. The van der Waals surface area contributed by atoms with Crippen molar-refractivity contribution in [3.05, 3.63) is 89.5 Å². The minimum absolute atomic E-state index is 0.104. The van der Waals surface area contributed by atoms with Gasteiger partial charge in [-0.3, -0.25) is 14.5 Å². The van der Waals surface area contributed by atoms with Crippen molar-refractivity contribution < 1.29 is 23.9 Å². The number of benzene rings is 3. The molecule has 1 saturated heterocycles. The summed E-state index contributed by atoms with van der Waals surface area (Å²) in [7, 11) is 0. The van der Waals surface area contributed by atoms with E-state index in [0.29, 0.717) is 29.3 Å². The summed E-state index contributed by atoms with van der Waals surface area (Å²) >= 11 is 0. The molecule has 1 N–H and O–H groups in total. The minimum Gasteiger partial charge on any atom is -0.454 e. The van der Waals surface area contributed by atoms with Gasteiger partial charge in [-0.25, -0.2) is 4.79 Å². The molecule has 3 aromatic carbocycles. The number of carbonyl (C=O) groups is 3. The number of anilines is 1. The fourth-order valence-electron chi connectivity index (χ4n) is 4.35. The molecule has 2 aliphatic rings. The van der Waals surface area contributed by atoms with E-state index in [4.69, 9.17) is 9.47 Å². The van der Waals surface area contributed by atoms with Crippen LogP contribution >= 0.6 is 0 Å². The lowest BCUT2D eigenvalue weighted by Crippen LogP contribution is -2.44. The lowest BCUT2D eigenvalue weighted by Gasteiger charge is -2.26. The number of carbonyl (C=O) groups excluding carboxylic acids is 3. The van der Waals surface area contributed by atoms with E-state index >= 15 is 0 Å². The third kappa shape index (κ3) is 4.19. The molecule has 5 rings (SSSR count). The van der Waals surface area contributed by atoms with Crippen LogP contribution < -0.4 is 19.7 Å². The highest BCUT2D eigenvalue weighted by Crippen LogP contribution is 2.38. The first-order chi connectivity index (χ1) is 16.8. The third-order valence-corrected chi connectivity index (χ3v) is 6.32. The van der Waals surface area contributed by atoms with Crippen LogP contribution in [0.25, 0.3) is 0 Å². The molecule has 0 bridgehead atoms. The van der Waals surface area contributed by atoms with Crippen molar-refractivity contribution >= 4 is 23.5 Å². The summed E-state index contributed by atoms with van der Waals surface area (Å²) in [6, 6.07) is 21.6. The first kappa shape index (κ1) is 22.5. The number of urea groups is 1. The first-order valence-corrected chi connectivity index (χ1v) is 11.3. The van der Waals surface area contributed by atoms with E-state index in [0.717, 1.165) is 16.0 Å². The molecule has 0 saturated carbocycles. The molecule has 0 aromatic heterocycles. The molecule has 1 fully saturated rings. The van der Waals surface area contributed by atoms with Gasteiger partial charge in [0.05, 0.1) is 6.54 Å². The first-order valence-electron chi connectivity index (χ1n) is 11.3. The summed E-state index contributed by atoms with van der Waals surface area (Å²) in [6.07, 6.45) is 0. The van der Waals surface area contributed by atoms with Gasteiger partial charge in [0.1, 0.15) is 12.1 Å². The molecular weight excluding hydrogens is 446 g/mol. The zero-order valence-electron chi connectivity index (χ0n) is 19.5. The highest BCUT2D eigenvalue weighted by molar-refractivity contribution is 6.10. The number of nitrogens with zero attached hydrogens (tertiary/aromatic N) is 2. The second-order valence-corrected chi connectivity index (χ2v) is 8.82. The van der Waals surface area contributed by atoms with Gasteiger partial charge in [0, 0.05) is 5.69 Å². The summed E-state index contributed by atoms with van der Waals surface area (Å²) in [5.41, 5.74) is 1.86. The standard InChI is InChI=1S/C27H25N3O5/c1-18-7-6-10-21(13-18)29(15-19-8-4-3-5-9-19)24(31)16-30-25(32)27(2,28-26(30)33)20-11-12-22-23(14-20)35-17-34-22/h3-14H,15-17H2,1-2H3,(H,28,33)/t27-/m1/s1. The Hall–Kier alpha value is -4.33. The summed E-state index contributed by atoms with van der Waals surface area (Å²) in [4.78, 5) is 42.4. The number of fused-ring (bicyclic) bond motifs is 1. The topological polar surface area (TPSA) is 88.2 Å². The molecule has 1 atom stereocenters. The maximum absolute atomic E-state index is 13.5. The fourth-order valence-corrected chi connectivity index (χ4v) is 4.35. The number of nitrogens with one attached hydrogen (secondary N) is 1. The fraction of sp³-hybridized carbons (Fsp3) is 0.222. The molecule has 2 aliphatic heterocycles. The molecule has 0 unspecified atom stereocenters. The Labute approximate surface area is 203 Å². The van der Waals surface area contributed by atoms with Crippen molar-refractivity contribution in [3.8, 4) is 11.5 Å². The molecule has 0 aliphatic carbocycles. The Kier molecular flexibility index (Phi) is 5.64. The second kappa shape index (κ2) is 8.79. The number of amides is 4. The Morgan fingerprint density at radius 3 is 2.54 bits per heavy atom. The van der Waals surface area contributed by atoms with Crippen LogP contribution in [0.4, 0.5) is 10.5 Å². The van der Waals surface area contributed by atoms with Gasteiger partial charge in [0.25, 0.3) is 5.91 Å². The van der Waals surface area contributed by atoms with E-state index < -0.39 is 17.5 Å². The van der Waals surface area contributed by atoms with Crippen molar-refractivity contribution in [2.24, 2.45) is 0 Å². The smallest absolute Gasteiger partial charge is 0.325 e. The highest BCUT2D eigenvalue weighted by Gasteiger charge is 2.50. The van der Waals surface area contributed by atoms with Crippen molar-refractivity contribution in [2.45, 2.75) is 25.9 Å². The predicted octanol–water partition coefficient (Wildman–Crippen LogP) is 3.72. The summed E-state index contributed by atoms with van der Waals surface area (Å²) < 4.78 is 10.8. The Balaban J connectivity index is 1.40. The van der Waals surface area contributed by atoms with Crippen molar-refractivity contribution in [1.82, 2.24) is 10.2 Å². The number of hydrogen-bond acceptors (Lipinski definition) is 5. The van der Waals surface area contributed by atoms with E-state index in [-0.39, 0.29) is 19.2 Å². The highest BCUT2D eigenvalue weighted by atomic mass is 16.7. The van der Waals surface area contributed by atoms with E-state index in [9.17, 15) is 14.4 Å². The molecule has 2 heterocycles. The van der Waals surface area contributed by atoms with Gasteiger partial charge in [-0.2, -0.15) is 0 Å². The van der Waals surface area contributed by atoms with Crippen LogP contribution in [0.3, 0.4) is 0 Å². The zero-order chi connectivity index (χ0) is 24.6. The molecule has 0 radical (unpaired) electrons. The predicted molar refractivity (Wildman–Crippen MR) is 129 cm³/mol. The van der Waals surface area contributed by atoms with Gasteiger partial charge >= 0.3 is 6.03 Å². The number of aryl methyl sites for hydroxylation is 1. The molecule has 4 amide bonds. The molecule has 3 aromatic rings. The largest absolute Gasteiger partial charge is 0.454 e. The van der Waals surface area contributed by atoms with Gasteiger partial charge < -0.3 is 19.7 Å². The van der Waals surface area contributed by atoms with Crippen LogP contribution in [0.2, 0.25) is 0 Å². The summed E-state index contributed by atoms with van der Waals surface area (Å²) in [6.45, 7) is 3.60. The normalized spacial score (nSPS) is 18.5. The summed E-state index contributed by atoms with van der Waals surface area (Å²) in [5, 5.41) is 2.75. The van der Waals surface area contributed by atoms with Crippen LogP contribution in [0.5, 0.6) is 11.5 Å². The zero-order valence-corrected chi connectivity index (χ0v) is 19.5. The van der Waals surface area contributed by atoms with Gasteiger partial charge in [0.2, 0.25) is 12.7 Å². The van der Waals surface area contributed by atoms with Crippen molar-refractivity contribution in [1.29, 1.82) is 0 Å². The Bertz CT molecular complexity index is 1310. The number of hydrogen-bond donors (Lipinski definition) is 1. The van der Waals surface area contributed by atoms with E-state index in [1.165, 1.54) is 0 Å². The van der Waals surface area contributed by atoms with Gasteiger partial charge in [-0.05, 0) is 54.8 Å². The van der Waals surface area contributed by atoms with Crippen LogP contribution in [0.1, 0.15) is 23.6 Å².